The van der Waals surface area contributed by atoms with Crippen LogP contribution in [0.15, 0.2) is 18.2 Å². The van der Waals surface area contributed by atoms with Gasteiger partial charge < -0.3 is 10.6 Å². The monoisotopic (exact) mass is 260 g/mol. The molecule has 3 heteroatoms. The second-order valence-electron chi connectivity index (χ2n) is 6.46. The van der Waals surface area contributed by atoms with Crippen LogP contribution in [-0.2, 0) is 5.41 Å². The summed E-state index contributed by atoms with van der Waals surface area (Å²) in [6.07, 6.45) is 6.06. The molecule has 0 aromatic heterocycles. The van der Waals surface area contributed by atoms with Crippen molar-refractivity contribution in [2.75, 3.05) is 13.1 Å². The second kappa shape index (κ2) is 4.29. The van der Waals surface area contributed by atoms with Crippen LogP contribution >= 0.6 is 0 Å². The first-order valence-corrected chi connectivity index (χ1v) is 7.54. The molecule has 1 aromatic rings. The molecule has 2 nitrogen and oxygen atoms in total. The van der Waals surface area contributed by atoms with Crippen molar-refractivity contribution >= 4 is 0 Å². The minimum Gasteiger partial charge on any atom is -0.317 e. The number of hydrogen-bond acceptors (Lipinski definition) is 2. The molecule has 1 saturated heterocycles. The minimum atomic E-state index is -0.0799. The lowest BCUT2D eigenvalue weighted by molar-refractivity contribution is 0.282. The zero-order valence-electron chi connectivity index (χ0n) is 11.2. The Bertz CT molecular complexity index is 490. The van der Waals surface area contributed by atoms with Crippen LogP contribution in [0.25, 0.3) is 0 Å². The molecule has 1 aromatic carbocycles. The fourth-order valence-corrected chi connectivity index (χ4v) is 3.96. The van der Waals surface area contributed by atoms with Gasteiger partial charge in [-0.15, -0.1) is 0 Å². The Balaban J connectivity index is 1.72. The second-order valence-corrected chi connectivity index (χ2v) is 6.46. The zero-order chi connectivity index (χ0) is 12.9. The predicted molar refractivity (Wildman–Crippen MR) is 73.7 cm³/mol. The number of hydrogen-bond donors (Lipinski definition) is 2. The van der Waals surface area contributed by atoms with Gasteiger partial charge in [0.25, 0.3) is 0 Å². The van der Waals surface area contributed by atoms with Gasteiger partial charge in [0.05, 0.1) is 0 Å². The molecule has 102 valence electrons. The lowest BCUT2D eigenvalue weighted by Gasteiger charge is -2.35. The summed E-state index contributed by atoms with van der Waals surface area (Å²) in [4.78, 5) is 0. The van der Waals surface area contributed by atoms with Gasteiger partial charge >= 0.3 is 0 Å². The van der Waals surface area contributed by atoms with Crippen LogP contribution in [0.3, 0.4) is 0 Å². The van der Waals surface area contributed by atoms with E-state index in [4.69, 9.17) is 0 Å². The van der Waals surface area contributed by atoms with E-state index in [0.29, 0.717) is 12.1 Å². The van der Waals surface area contributed by atoms with E-state index in [9.17, 15) is 4.39 Å². The summed E-state index contributed by atoms with van der Waals surface area (Å²) in [5.74, 6) is -0.0799. The smallest absolute Gasteiger partial charge is 0.123 e. The molecule has 0 bridgehead atoms. The Labute approximate surface area is 113 Å². The highest BCUT2D eigenvalue weighted by Gasteiger charge is 2.45. The van der Waals surface area contributed by atoms with Crippen molar-refractivity contribution in [2.45, 2.75) is 49.6 Å². The Kier molecular flexibility index (Phi) is 2.68. The number of benzene rings is 1. The van der Waals surface area contributed by atoms with Gasteiger partial charge in [0, 0.05) is 12.1 Å². The van der Waals surface area contributed by atoms with Crippen molar-refractivity contribution in [1.82, 2.24) is 10.6 Å². The van der Waals surface area contributed by atoms with Gasteiger partial charge in [0.1, 0.15) is 5.82 Å². The minimum absolute atomic E-state index is 0.0799. The molecule has 3 aliphatic rings. The highest BCUT2D eigenvalue weighted by atomic mass is 19.1. The van der Waals surface area contributed by atoms with E-state index in [1.54, 1.807) is 12.1 Å². The van der Waals surface area contributed by atoms with Crippen LogP contribution < -0.4 is 10.6 Å². The lowest BCUT2D eigenvalue weighted by atomic mass is 9.74. The average molecular weight is 260 g/mol. The van der Waals surface area contributed by atoms with Gasteiger partial charge in [0.15, 0.2) is 0 Å². The summed E-state index contributed by atoms with van der Waals surface area (Å²) in [6.45, 7) is 2.12. The molecule has 2 fully saturated rings. The van der Waals surface area contributed by atoms with Gasteiger partial charge in [0.2, 0.25) is 0 Å². The fraction of sp³-hybridized carbons (Fsp3) is 0.625. The van der Waals surface area contributed by atoms with E-state index in [1.807, 2.05) is 6.07 Å². The molecular weight excluding hydrogens is 239 g/mol. The van der Waals surface area contributed by atoms with E-state index in [2.05, 4.69) is 10.6 Å². The molecule has 19 heavy (non-hydrogen) atoms. The Morgan fingerprint density at radius 3 is 2.74 bits per heavy atom. The molecule has 1 heterocycles. The lowest BCUT2D eigenvalue weighted by Crippen LogP contribution is -2.39. The van der Waals surface area contributed by atoms with Gasteiger partial charge in [-0.3, -0.25) is 0 Å². The van der Waals surface area contributed by atoms with Crippen LogP contribution in [0.1, 0.15) is 49.3 Å². The third kappa shape index (κ3) is 2.00. The van der Waals surface area contributed by atoms with Gasteiger partial charge in [-0.2, -0.15) is 0 Å². The first-order valence-electron chi connectivity index (χ1n) is 7.54. The first kappa shape index (κ1) is 11.9. The normalized spacial score (nSPS) is 28.6. The first-order chi connectivity index (χ1) is 9.27. The molecule has 0 amide bonds. The van der Waals surface area contributed by atoms with Crippen molar-refractivity contribution in [3.05, 3.63) is 35.1 Å². The van der Waals surface area contributed by atoms with E-state index in [0.717, 1.165) is 32.4 Å². The SMILES string of the molecule is Fc1ccc2c(c1)C1(CCNCC1)C[C@H]2NC1CC1. The standard InChI is InChI=1S/C16H21FN2/c17-11-1-4-13-14(9-11)16(5-7-18-8-6-16)10-15(13)19-12-2-3-12/h1,4,9,12,15,18-19H,2-3,5-8,10H2/t15-/m1/s1. The number of nitrogens with one attached hydrogen (secondary N) is 2. The summed E-state index contributed by atoms with van der Waals surface area (Å²) in [5, 5.41) is 7.19. The van der Waals surface area contributed by atoms with Gasteiger partial charge in [-0.1, -0.05) is 6.07 Å². The Morgan fingerprint density at radius 1 is 1.21 bits per heavy atom. The maximum absolute atomic E-state index is 13.7. The molecule has 0 radical (unpaired) electrons. The number of piperidine rings is 1. The van der Waals surface area contributed by atoms with E-state index in [1.165, 1.54) is 24.0 Å². The molecule has 1 saturated carbocycles. The van der Waals surface area contributed by atoms with Crippen molar-refractivity contribution in [3.8, 4) is 0 Å². The van der Waals surface area contributed by atoms with E-state index in [-0.39, 0.29) is 11.2 Å². The number of fused-ring (bicyclic) bond motifs is 2. The van der Waals surface area contributed by atoms with Crippen LogP contribution in [0.4, 0.5) is 4.39 Å². The Hall–Kier alpha value is -0.930. The molecule has 1 spiro atoms. The molecule has 1 atom stereocenters. The third-order valence-corrected chi connectivity index (χ3v) is 5.13. The van der Waals surface area contributed by atoms with Crippen molar-refractivity contribution in [2.24, 2.45) is 0 Å². The van der Waals surface area contributed by atoms with Crippen LogP contribution in [0.5, 0.6) is 0 Å². The summed E-state index contributed by atoms with van der Waals surface area (Å²) < 4.78 is 13.7. The zero-order valence-corrected chi connectivity index (χ0v) is 11.2. The van der Waals surface area contributed by atoms with Crippen LogP contribution in [0.2, 0.25) is 0 Å². The third-order valence-electron chi connectivity index (χ3n) is 5.13. The van der Waals surface area contributed by atoms with Crippen molar-refractivity contribution < 1.29 is 4.39 Å². The average Bonchev–Trinajstić information content (AvgIpc) is 3.18. The summed E-state index contributed by atoms with van der Waals surface area (Å²) >= 11 is 0. The summed E-state index contributed by atoms with van der Waals surface area (Å²) in [5.41, 5.74) is 2.86. The quantitative estimate of drug-likeness (QED) is 0.854. The number of halogens is 1. The molecular formula is C16H21FN2. The fourth-order valence-electron chi connectivity index (χ4n) is 3.96. The summed E-state index contributed by atoms with van der Waals surface area (Å²) in [6, 6.07) is 6.60. The molecule has 2 N–H and O–H groups in total. The van der Waals surface area contributed by atoms with E-state index >= 15 is 0 Å². The number of rotatable bonds is 2. The molecule has 2 aliphatic carbocycles. The maximum atomic E-state index is 13.7. The maximum Gasteiger partial charge on any atom is 0.123 e. The highest BCUT2D eigenvalue weighted by molar-refractivity contribution is 5.43. The predicted octanol–water partition coefficient (Wildman–Crippen LogP) is 2.64. The van der Waals surface area contributed by atoms with Crippen molar-refractivity contribution in [1.29, 1.82) is 0 Å². The van der Waals surface area contributed by atoms with Gasteiger partial charge in [-0.25, -0.2) is 4.39 Å². The summed E-state index contributed by atoms with van der Waals surface area (Å²) in [7, 11) is 0. The molecule has 1 aliphatic heterocycles. The Morgan fingerprint density at radius 2 is 2.00 bits per heavy atom. The van der Waals surface area contributed by atoms with E-state index < -0.39 is 0 Å². The van der Waals surface area contributed by atoms with Crippen LogP contribution in [0, 0.1) is 5.82 Å². The van der Waals surface area contributed by atoms with Crippen molar-refractivity contribution in [3.63, 3.8) is 0 Å². The largest absolute Gasteiger partial charge is 0.317 e. The van der Waals surface area contributed by atoms with Gasteiger partial charge in [-0.05, 0) is 73.9 Å². The topological polar surface area (TPSA) is 24.1 Å². The highest BCUT2D eigenvalue weighted by Crippen LogP contribution is 2.50. The van der Waals surface area contributed by atoms with Crippen LogP contribution in [-0.4, -0.2) is 19.1 Å². The molecule has 4 rings (SSSR count). The molecule has 0 unspecified atom stereocenters.